The number of carbonyl (C=O) groups excluding carboxylic acids is 1. The number of nitrogens with zero attached hydrogens (tertiary/aromatic N) is 2. The fourth-order valence-electron chi connectivity index (χ4n) is 2.29. The van der Waals surface area contributed by atoms with E-state index >= 15 is 0 Å². The molecule has 1 aliphatic heterocycles. The van der Waals surface area contributed by atoms with Crippen LogP contribution in [-0.4, -0.2) is 35.5 Å². The Labute approximate surface area is 122 Å². The highest BCUT2D eigenvalue weighted by atomic mass is 32.2. The summed E-state index contributed by atoms with van der Waals surface area (Å²) in [5, 5.41) is 3.85. The molecule has 1 atom stereocenters. The van der Waals surface area contributed by atoms with Crippen LogP contribution in [0.5, 0.6) is 0 Å². The Kier molecular flexibility index (Phi) is 3.50. The summed E-state index contributed by atoms with van der Waals surface area (Å²) in [7, 11) is -3.14. The van der Waals surface area contributed by atoms with Crippen molar-refractivity contribution in [2.75, 3.05) is 5.75 Å². The normalized spacial score (nSPS) is 19.9. The van der Waals surface area contributed by atoms with Crippen molar-refractivity contribution in [3.8, 4) is 0 Å². The summed E-state index contributed by atoms with van der Waals surface area (Å²) in [6, 6.07) is 5.31. The van der Waals surface area contributed by atoms with Crippen molar-refractivity contribution in [3.63, 3.8) is 0 Å². The van der Waals surface area contributed by atoms with Crippen LogP contribution in [0.25, 0.3) is 5.65 Å². The van der Waals surface area contributed by atoms with Crippen LogP contribution in [0.4, 0.5) is 0 Å². The summed E-state index contributed by atoms with van der Waals surface area (Å²) in [6.45, 7) is 0. The number of pyridine rings is 1. The number of aromatic nitrogens is 2. The second-order valence-electron chi connectivity index (χ2n) is 5.03. The van der Waals surface area contributed by atoms with Gasteiger partial charge in [-0.1, -0.05) is 6.07 Å². The number of aryl methyl sites for hydroxylation is 1. The number of hydrogen-bond donors (Lipinski definition) is 1. The first-order chi connectivity index (χ1) is 10.0. The predicted octanol–water partition coefficient (Wildman–Crippen LogP) is 0.694. The summed E-state index contributed by atoms with van der Waals surface area (Å²) in [5.41, 5.74) is 1.68. The van der Waals surface area contributed by atoms with E-state index in [0.717, 1.165) is 16.7 Å². The van der Waals surface area contributed by atoms with Crippen molar-refractivity contribution in [3.05, 3.63) is 47.8 Å². The quantitative estimate of drug-likeness (QED) is 0.901. The van der Waals surface area contributed by atoms with Crippen LogP contribution in [0, 0.1) is 0 Å². The Hall–Kier alpha value is -2.15. The largest absolute Gasteiger partial charge is 0.349 e. The van der Waals surface area contributed by atoms with E-state index in [1.807, 2.05) is 35.0 Å². The average Bonchev–Trinajstić information content (AvgIpc) is 2.99. The van der Waals surface area contributed by atoms with Gasteiger partial charge in [0.1, 0.15) is 5.65 Å². The first kappa shape index (κ1) is 13.8. The Morgan fingerprint density at radius 3 is 3.00 bits per heavy atom. The van der Waals surface area contributed by atoms with Crippen molar-refractivity contribution in [2.45, 2.75) is 18.9 Å². The molecule has 0 saturated heterocycles. The van der Waals surface area contributed by atoms with Gasteiger partial charge < -0.3 is 9.72 Å². The van der Waals surface area contributed by atoms with E-state index in [0.29, 0.717) is 6.42 Å². The molecule has 3 rings (SSSR count). The van der Waals surface area contributed by atoms with Crippen molar-refractivity contribution in [2.24, 2.45) is 0 Å². The summed E-state index contributed by atoms with van der Waals surface area (Å²) in [5.74, 6) is -0.216. The molecule has 1 N–H and O–H groups in total. The highest BCUT2D eigenvalue weighted by molar-refractivity contribution is 7.94. The Morgan fingerprint density at radius 1 is 1.43 bits per heavy atom. The SMILES string of the molecule is O=C(CCc1cn2ccccc2n1)N[C@H]1C=CS(=O)(=O)C1. The topological polar surface area (TPSA) is 80.5 Å². The lowest BCUT2D eigenvalue weighted by Crippen LogP contribution is -2.35. The van der Waals surface area contributed by atoms with E-state index < -0.39 is 15.9 Å². The third-order valence-electron chi connectivity index (χ3n) is 3.30. The molecule has 0 radical (unpaired) electrons. The van der Waals surface area contributed by atoms with Gasteiger partial charge in [-0.3, -0.25) is 4.79 Å². The van der Waals surface area contributed by atoms with Gasteiger partial charge in [-0.2, -0.15) is 0 Å². The molecule has 0 aliphatic carbocycles. The molecule has 1 amide bonds. The zero-order valence-corrected chi connectivity index (χ0v) is 12.1. The van der Waals surface area contributed by atoms with E-state index in [2.05, 4.69) is 10.3 Å². The summed E-state index contributed by atoms with van der Waals surface area (Å²) >= 11 is 0. The lowest BCUT2D eigenvalue weighted by atomic mass is 10.2. The van der Waals surface area contributed by atoms with Crippen LogP contribution >= 0.6 is 0 Å². The number of fused-ring (bicyclic) bond motifs is 1. The lowest BCUT2D eigenvalue weighted by molar-refractivity contribution is -0.121. The molecule has 0 unspecified atom stereocenters. The van der Waals surface area contributed by atoms with Gasteiger partial charge in [-0.05, 0) is 24.6 Å². The molecule has 3 heterocycles. The van der Waals surface area contributed by atoms with Crippen LogP contribution in [0.15, 0.2) is 42.1 Å². The fourth-order valence-corrected chi connectivity index (χ4v) is 3.53. The summed E-state index contributed by atoms with van der Waals surface area (Å²) in [4.78, 5) is 16.2. The molecule has 0 aromatic carbocycles. The third-order valence-corrected chi connectivity index (χ3v) is 4.69. The monoisotopic (exact) mass is 305 g/mol. The number of imidazole rings is 1. The second kappa shape index (κ2) is 5.33. The number of nitrogens with one attached hydrogen (secondary N) is 1. The molecule has 110 valence electrons. The van der Waals surface area contributed by atoms with Crippen molar-refractivity contribution in [1.82, 2.24) is 14.7 Å². The number of sulfone groups is 1. The van der Waals surface area contributed by atoms with E-state index in [4.69, 9.17) is 0 Å². The Balaban J connectivity index is 1.55. The highest BCUT2D eigenvalue weighted by Gasteiger charge is 2.22. The first-order valence-electron chi connectivity index (χ1n) is 6.65. The minimum absolute atomic E-state index is 0.0485. The summed E-state index contributed by atoms with van der Waals surface area (Å²) < 4.78 is 24.4. The van der Waals surface area contributed by atoms with Crippen molar-refractivity contribution in [1.29, 1.82) is 0 Å². The molecule has 0 spiro atoms. The lowest BCUT2D eigenvalue weighted by Gasteiger charge is -2.09. The summed E-state index contributed by atoms with van der Waals surface area (Å²) in [6.07, 6.45) is 6.12. The molecule has 0 fully saturated rings. The maximum atomic E-state index is 11.8. The minimum atomic E-state index is -3.14. The zero-order valence-electron chi connectivity index (χ0n) is 11.3. The number of rotatable bonds is 4. The molecule has 0 saturated carbocycles. The van der Waals surface area contributed by atoms with E-state index in [1.165, 1.54) is 6.08 Å². The van der Waals surface area contributed by atoms with Gasteiger partial charge in [0.2, 0.25) is 5.91 Å². The van der Waals surface area contributed by atoms with Crippen LogP contribution in [0.1, 0.15) is 12.1 Å². The van der Waals surface area contributed by atoms with E-state index in [9.17, 15) is 13.2 Å². The van der Waals surface area contributed by atoms with Gasteiger partial charge in [0.05, 0.1) is 17.5 Å². The highest BCUT2D eigenvalue weighted by Crippen LogP contribution is 2.09. The fraction of sp³-hybridized carbons (Fsp3) is 0.286. The minimum Gasteiger partial charge on any atom is -0.349 e. The molecule has 6 nitrogen and oxygen atoms in total. The average molecular weight is 305 g/mol. The Morgan fingerprint density at radius 2 is 2.29 bits per heavy atom. The van der Waals surface area contributed by atoms with Gasteiger partial charge in [-0.15, -0.1) is 0 Å². The van der Waals surface area contributed by atoms with Crippen molar-refractivity contribution >= 4 is 21.4 Å². The number of carbonyl (C=O) groups is 1. The molecule has 2 aromatic heterocycles. The molecular formula is C14H15N3O3S. The maximum absolute atomic E-state index is 11.8. The molecular weight excluding hydrogens is 290 g/mol. The number of hydrogen-bond acceptors (Lipinski definition) is 4. The smallest absolute Gasteiger partial charge is 0.220 e. The van der Waals surface area contributed by atoms with Gasteiger partial charge in [0.25, 0.3) is 0 Å². The van der Waals surface area contributed by atoms with Crippen LogP contribution in [0.2, 0.25) is 0 Å². The van der Waals surface area contributed by atoms with E-state index in [1.54, 1.807) is 0 Å². The Bertz CT molecular complexity index is 775. The first-order valence-corrected chi connectivity index (χ1v) is 8.36. The van der Waals surface area contributed by atoms with Crippen LogP contribution in [-0.2, 0) is 21.1 Å². The van der Waals surface area contributed by atoms with Gasteiger partial charge >= 0.3 is 0 Å². The van der Waals surface area contributed by atoms with Crippen LogP contribution in [0.3, 0.4) is 0 Å². The third kappa shape index (κ3) is 3.30. The van der Waals surface area contributed by atoms with E-state index in [-0.39, 0.29) is 18.1 Å². The second-order valence-corrected chi connectivity index (χ2v) is 6.96. The van der Waals surface area contributed by atoms with Crippen molar-refractivity contribution < 1.29 is 13.2 Å². The van der Waals surface area contributed by atoms with Gasteiger partial charge in [-0.25, -0.2) is 13.4 Å². The predicted molar refractivity (Wildman–Crippen MR) is 78.4 cm³/mol. The van der Waals surface area contributed by atoms with Gasteiger partial charge in [0, 0.05) is 24.2 Å². The zero-order chi connectivity index (χ0) is 14.9. The van der Waals surface area contributed by atoms with Crippen LogP contribution < -0.4 is 5.32 Å². The number of amides is 1. The molecule has 21 heavy (non-hydrogen) atoms. The molecule has 2 aromatic rings. The maximum Gasteiger partial charge on any atom is 0.220 e. The molecule has 1 aliphatic rings. The standard InChI is InChI=1S/C14H15N3O3S/c18-14(16-12-6-8-21(19,20)10-12)5-4-11-9-17-7-2-1-3-13(17)15-11/h1-3,6-9,12H,4-5,10H2,(H,16,18)/t12-/m0/s1. The molecule has 7 heteroatoms. The molecule has 0 bridgehead atoms. The van der Waals surface area contributed by atoms with Gasteiger partial charge in [0.15, 0.2) is 9.84 Å².